The number of hydrogen-bond acceptors (Lipinski definition) is 4. The molecule has 1 heterocycles. The molecule has 0 bridgehead atoms. The Hall–Kier alpha value is -2.54. The Morgan fingerprint density at radius 2 is 2.04 bits per heavy atom. The first-order valence-corrected chi connectivity index (χ1v) is 7.12. The van der Waals surface area contributed by atoms with Crippen LogP contribution < -0.4 is 10.6 Å². The third-order valence-electron chi connectivity index (χ3n) is 3.25. The van der Waals surface area contributed by atoms with Crippen molar-refractivity contribution in [1.82, 2.24) is 15.3 Å². The molecular weight excluding hydrogens is 299 g/mol. The van der Waals surface area contributed by atoms with Crippen LogP contribution in [-0.2, 0) is 5.60 Å². The second-order valence-electron chi connectivity index (χ2n) is 5.53. The molecule has 6 nitrogen and oxygen atoms in total. The topological polar surface area (TPSA) is 87.1 Å². The van der Waals surface area contributed by atoms with Crippen LogP contribution in [0.2, 0.25) is 0 Å². The summed E-state index contributed by atoms with van der Waals surface area (Å²) in [5.41, 5.74) is -0.275. The number of nitrogens with zero attached hydrogens (tertiary/aromatic N) is 2. The van der Waals surface area contributed by atoms with E-state index in [0.717, 1.165) is 5.69 Å². The molecule has 1 atom stereocenters. The summed E-state index contributed by atoms with van der Waals surface area (Å²) >= 11 is 0. The Morgan fingerprint density at radius 3 is 2.70 bits per heavy atom. The number of nitrogens with one attached hydrogen (secondary N) is 2. The lowest BCUT2D eigenvalue weighted by molar-refractivity contribution is 0.0596. The number of urea groups is 1. The maximum atomic E-state index is 13.2. The number of halogens is 1. The van der Waals surface area contributed by atoms with Gasteiger partial charge in [0, 0.05) is 11.8 Å². The van der Waals surface area contributed by atoms with E-state index in [0.29, 0.717) is 17.2 Å². The van der Waals surface area contributed by atoms with E-state index in [4.69, 9.17) is 0 Å². The van der Waals surface area contributed by atoms with Gasteiger partial charge in [-0.3, -0.25) is 5.32 Å². The number of aryl methyl sites for hydroxylation is 2. The van der Waals surface area contributed by atoms with E-state index < -0.39 is 17.4 Å². The monoisotopic (exact) mass is 318 g/mol. The average Bonchev–Trinajstić information content (AvgIpc) is 2.44. The number of carbonyl (C=O) groups excluding carboxylic acids is 1. The predicted octanol–water partition coefficient (Wildman–Crippen LogP) is 2.26. The molecule has 0 aliphatic heterocycles. The predicted molar refractivity (Wildman–Crippen MR) is 84.5 cm³/mol. The quantitative estimate of drug-likeness (QED) is 0.807. The Morgan fingerprint density at radius 1 is 1.30 bits per heavy atom. The SMILES string of the molecule is Cc1cc(NC(=O)NCC(C)(O)c2cccc(F)c2)nc(C)n1. The van der Waals surface area contributed by atoms with Gasteiger partial charge < -0.3 is 10.4 Å². The van der Waals surface area contributed by atoms with Crippen LogP contribution in [0.4, 0.5) is 15.0 Å². The molecule has 1 aromatic heterocycles. The normalized spacial score (nSPS) is 13.3. The first-order chi connectivity index (χ1) is 10.8. The third-order valence-corrected chi connectivity index (χ3v) is 3.25. The number of amides is 2. The summed E-state index contributed by atoms with van der Waals surface area (Å²) < 4.78 is 13.2. The largest absolute Gasteiger partial charge is 0.384 e. The minimum atomic E-state index is -1.39. The molecule has 1 aromatic carbocycles. The van der Waals surface area contributed by atoms with Crippen molar-refractivity contribution in [2.24, 2.45) is 0 Å². The molecule has 1 unspecified atom stereocenters. The molecule has 0 aliphatic carbocycles. The van der Waals surface area contributed by atoms with Gasteiger partial charge in [-0.25, -0.2) is 19.2 Å². The average molecular weight is 318 g/mol. The fraction of sp³-hybridized carbons (Fsp3) is 0.312. The molecule has 3 N–H and O–H groups in total. The van der Waals surface area contributed by atoms with Gasteiger partial charge >= 0.3 is 6.03 Å². The van der Waals surface area contributed by atoms with Crippen molar-refractivity contribution in [3.63, 3.8) is 0 Å². The Balaban J connectivity index is 1.98. The highest BCUT2D eigenvalue weighted by Gasteiger charge is 2.24. The van der Waals surface area contributed by atoms with Gasteiger partial charge in [-0.2, -0.15) is 0 Å². The van der Waals surface area contributed by atoms with Gasteiger partial charge in [0.1, 0.15) is 23.1 Å². The zero-order chi connectivity index (χ0) is 17.0. The van der Waals surface area contributed by atoms with Crippen molar-refractivity contribution in [3.05, 3.63) is 53.2 Å². The Kier molecular flexibility index (Phi) is 4.90. The van der Waals surface area contributed by atoms with Crippen LogP contribution in [0.15, 0.2) is 30.3 Å². The van der Waals surface area contributed by atoms with Crippen molar-refractivity contribution < 1.29 is 14.3 Å². The Bertz CT molecular complexity index is 699. The molecule has 0 saturated carbocycles. The molecule has 23 heavy (non-hydrogen) atoms. The van der Waals surface area contributed by atoms with Crippen LogP contribution >= 0.6 is 0 Å². The number of rotatable bonds is 4. The third kappa shape index (κ3) is 4.72. The second-order valence-corrected chi connectivity index (χ2v) is 5.53. The summed E-state index contributed by atoms with van der Waals surface area (Å²) in [6, 6.07) is 6.75. The van der Waals surface area contributed by atoms with Crippen molar-refractivity contribution in [3.8, 4) is 0 Å². The van der Waals surface area contributed by atoms with E-state index in [1.807, 2.05) is 0 Å². The number of anilines is 1. The molecule has 2 amide bonds. The molecule has 0 aliphatic rings. The molecular formula is C16H19FN4O2. The Labute approximate surface area is 133 Å². The highest BCUT2D eigenvalue weighted by Crippen LogP contribution is 2.20. The number of benzene rings is 1. The van der Waals surface area contributed by atoms with E-state index in [9.17, 15) is 14.3 Å². The van der Waals surface area contributed by atoms with Crippen molar-refractivity contribution in [2.45, 2.75) is 26.4 Å². The first kappa shape index (κ1) is 16.8. The fourth-order valence-corrected chi connectivity index (χ4v) is 2.12. The van der Waals surface area contributed by atoms with E-state index >= 15 is 0 Å². The zero-order valence-corrected chi connectivity index (χ0v) is 13.2. The maximum absolute atomic E-state index is 13.2. The smallest absolute Gasteiger partial charge is 0.320 e. The second kappa shape index (κ2) is 6.70. The van der Waals surface area contributed by atoms with Crippen LogP contribution in [0.3, 0.4) is 0 Å². The highest BCUT2D eigenvalue weighted by atomic mass is 19.1. The van der Waals surface area contributed by atoms with Crippen LogP contribution in [0.25, 0.3) is 0 Å². The van der Waals surface area contributed by atoms with Crippen molar-refractivity contribution in [1.29, 1.82) is 0 Å². The number of aromatic nitrogens is 2. The van der Waals surface area contributed by atoms with Gasteiger partial charge in [0.05, 0.1) is 6.54 Å². The van der Waals surface area contributed by atoms with Crippen LogP contribution in [0.1, 0.15) is 24.0 Å². The van der Waals surface area contributed by atoms with Crippen molar-refractivity contribution >= 4 is 11.8 Å². The number of carbonyl (C=O) groups is 1. The highest BCUT2D eigenvalue weighted by molar-refractivity contribution is 5.88. The summed E-state index contributed by atoms with van der Waals surface area (Å²) in [4.78, 5) is 20.1. The molecule has 0 radical (unpaired) electrons. The van der Waals surface area contributed by atoms with Gasteiger partial charge in [-0.15, -0.1) is 0 Å². The van der Waals surface area contributed by atoms with Crippen LogP contribution in [0, 0.1) is 19.7 Å². The lowest BCUT2D eigenvalue weighted by Gasteiger charge is -2.24. The van der Waals surface area contributed by atoms with Crippen LogP contribution in [-0.4, -0.2) is 27.7 Å². The minimum absolute atomic E-state index is 0.0780. The summed E-state index contributed by atoms with van der Waals surface area (Å²) in [7, 11) is 0. The molecule has 0 saturated heterocycles. The first-order valence-electron chi connectivity index (χ1n) is 7.12. The van der Waals surface area contributed by atoms with Gasteiger partial charge in [0.15, 0.2) is 0 Å². The van der Waals surface area contributed by atoms with Gasteiger partial charge in [-0.05, 0) is 38.5 Å². The summed E-state index contributed by atoms with van der Waals surface area (Å²) in [5.74, 6) is 0.476. The van der Waals surface area contributed by atoms with E-state index in [-0.39, 0.29) is 6.54 Å². The standard InChI is InChI=1S/C16H19FN4O2/c1-10-7-14(20-11(2)19-10)21-15(22)18-9-16(3,23)12-5-4-6-13(17)8-12/h4-8,23H,9H2,1-3H3,(H2,18,19,20,21,22). The van der Waals surface area contributed by atoms with Gasteiger partial charge in [-0.1, -0.05) is 12.1 Å². The molecule has 0 fully saturated rings. The lowest BCUT2D eigenvalue weighted by atomic mass is 9.96. The number of hydrogen-bond donors (Lipinski definition) is 3. The van der Waals surface area contributed by atoms with Crippen LogP contribution in [0.5, 0.6) is 0 Å². The van der Waals surface area contributed by atoms with E-state index in [2.05, 4.69) is 20.6 Å². The lowest BCUT2D eigenvalue weighted by Crippen LogP contribution is -2.40. The molecule has 7 heteroatoms. The zero-order valence-electron chi connectivity index (χ0n) is 13.2. The summed E-state index contributed by atoms with van der Waals surface area (Å²) in [5, 5.41) is 15.5. The number of aliphatic hydroxyl groups is 1. The molecule has 122 valence electrons. The maximum Gasteiger partial charge on any atom is 0.320 e. The fourth-order valence-electron chi connectivity index (χ4n) is 2.12. The van der Waals surface area contributed by atoms with E-state index in [1.165, 1.54) is 25.1 Å². The molecule has 2 aromatic rings. The minimum Gasteiger partial charge on any atom is -0.384 e. The van der Waals surface area contributed by atoms with E-state index in [1.54, 1.807) is 26.0 Å². The van der Waals surface area contributed by atoms with Gasteiger partial charge in [0.2, 0.25) is 0 Å². The molecule has 2 rings (SSSR count). The summed E-state index contributed by atoms with van der Waals surface area (Å²) in [6.07, 6.45) is 0. The van der Waals surface area contributed by atoms with Crippen molar-refractivity contribution in [2.75, 3.05) is 11.9 Å². The molecule has 0 spiro atoms. The van der Waals surface area contributed by atoms with Gasteiger partial charge in [0.25, 0.3) is 0 Å². The summed E-state index contributed by atoms with van der Waals surface area (Å²) in [6.45, 7) is 4.95.